The van der Waals surface area contributed by atoms with E-state index in [9.17, 15) is 4.79 Å². The van der Waals surface area contributed by atoms with Gasteiger partial charge in [-0.3, -0.25) is 9.48 Å². The van der Waals surface area contributed by atoms with Crippen LogP contribution in [0.15, 0.2) is 4.60 Å². The van der Waals surface area contributed by atoms with E-state index in [0.29, 0.717) is 10.3 Å². The van der Waals surface area contributed by atoms with Crippen LogP contribution in [-0.2, 0) is 11.8 Å². The predicted molar refractivity (Wildman–Crippen MR) is 53.9 cm³/mol. The molecular formula is C8H12BrN3O2. The molecule has 1 heterocycles. The second-order valence-corrected chi connectivity index (χ2v) is 4.20. The summed E-state index contributed by atoms with van der Waals surface area (Å²) in [7, 11) is 1.69. The largest absolute Gasteiger partial charge is 0.481 e. The number of hydrogen-bond acceptors (Lipinski definition) is 3. The van der Waals surface area contributed by atoms with E-state index in [4.69, 9.17) is 5.11 Å². The normalized spacial score (nSPS) is 13.2. The van der Waals surface area contributed by atoms with Gasteiger partial charge in [0.05, 0.1) is 5.69 Å². The molecule has 0 saturated carbocycles. The van der Waals surface area contributed by atoms with Crippen molar-refractivity contribution in [3.63, 3.8) is 0 Å². The zero-order valence-corrected chi connectivity index (χ0v) is 9.82. The van der Waals surface area contributed by atoms with Gasteiger partial charge in [-0.05, 0) is 21.8 Å². The summed E-state index contributed by atoms with van der Waals surface area (Å²) >= 11 is 3.20. The zero-order chi connectivity index (χ0) is 10.9. The van der Waals surface area contributed by atoms with E-state index >= 15 is 0 Å². The lowest BCUT2D eigenvalue weighted by atomic mass is 9.93. The number of halogens is 1. The highest BCUT2D eigenvalue weighted by atomic mass is 79.9. The summed E-state index contributed by atoms with van der Waals surface area (Å²) in [6.07, 6.45) is 0. The summed E-state index contributed by atoms with van der Waals surface area (Å²) < 4.78 is 1.99. The van der Waals surface area contributed by atoms with E-state index < -0.39 is 11.9 Å². The van der Waals surface area contributed by atoms with Crippen LogP contribution in [0.4, 0.5) is 0 Å². The molecule has 0 saturated heterocycles. The molecule has 1 unspecified atom stereocenters. The van der Waals surface area contributed by atoms with Gasteiger partial charge in [-0.25, -0.2) is 0 Å². The molecular weight excluding hydrogens is 250 g/mol. The minimum Gasteiger partial charge on any atom is -0.481 e. The molecule has 1 atom stereocenters. The highest BCUT2D eigenvalue weighted by Crippen LogP contribution is 2.28. The third-order valence-corrected chi connectivity index (χ3v) is 2.62. The van der Waals surface area contributed by atoms with E-state index in [2.05, 4.69) is 26.2 Å². The SMILES string of the molecule is CC(C)C(C(=O)O)c1c(Br)nnn1C. The third kappa shape index (κ3) is 1.95. The standard InChI is InChI=1S/C8H12BrN3O2/c1-4(2)5(8(13)14)6-7(9)10-11-12(6)3/h4-5H,1-3H3,(H,13,14). The molecule has 0 fully saturated rings. The first-order valence-corrected chi connectivity index (χ1v) is 5.02. The Balaban J connectivity index is 3.17. The van der Waals surface area contributed by atoms with Crippen LogP contribution in [0, 0.1) is 5.92 Å². The third-order valence-electron chi connectivity index (χ3n) is 2.05. The molecule has 0 radical (unpaired) electrons. The Kier molecular flexibility index (Phi) is 3.25. The number of carboxylic acid groups (broad SMARTS) is 1. The van der Waals surface area contributed by atoms with Crippen molar-refractivity contribution >= 4 is 21.9 Å². The molecule has 0 aromatic carbocycles. The summed E-state index contributed by atoms with van der Waals surface area (Å²) in [4.78, 5) is 11.1. The first-order chi connectivity index (χ1) is 6.45. The minimum absolute atomic E-state index is 0.000926. The van der Waals surface area contributed by atoms with Gasteiger partial charge in [0.15, 0.2) is 4.60 Å². The van der Waals surface area contributed by atoms with Gasteiger partial charge in [-0.15, -0.1) is 5.10 Å². The van der Waals surface area contributed by atoms with Crippen molar-refractivity contribution in [3.8, 4) is 0 Å². The lowest BCUT2D eigenvalue weighted by Gasteiger charge is -2.15. The quantitative estimate of drug-likeness (QED) is 0.894. The molecule has 1 aromatic heterocycles. The Morgan fingerprint density at radius 1 is 1.57 bits per heavy atom. The number of aromatic nitrogens is 3. The molecule has 1 rings (SSSR count). The van der Waals surface area contributed by atoms with Crippen LogP contribution in [0.3, 0.4) is 0 Å². The number of carboxylic acids is 1. The molecule has 0 aliphatic carbocycles. The molecule has 0 aliphatic heterocycles. The summed E-state index contributed by atoms with van der Waals surface area (Å²) in [6, 6.07) is 0. The molecule has 1 N–H and O–H groups in total. The smallest absolute Gasteiger partial charge is 0.312 e. The zero-order valence-electron chi connectivity index (χ0n) is 8.23. The number of rotatable bonds is 3. The van der Waals surface area contributed by atoms with Crippen molar-refractivity contribution in [2.45, 2.75) is 19.8 Å². The van der Waals surface area contributed by atoms with Gasteiger partial charge < -0.3 is 5.11 Å². The maximum atomic E-state index is 11.1. The van der Waals surface area contributed by atoms with E-state index in [1.54, 1.807) is 7.05 Å². The maximum Gasteiger partial charge on any atom is 0.312 e. The molecule has 78 valence electrons. The fourth-order valence-electron chi connectivity index (χ4n) is 1.39. The van der Waals surface area contributed by atoms with Crippen molar-refractivity contribution in [2.24, 2.45) is 13.0 Å². The fourth-order valence-corrected chi connectivity index (χ4v) is 1.96. The van der Waals surface area contributed by atoms with Crippen molar-refractivity contribution in [2.75, 3.05) is 0 Å². The Hall–Kier alpha value is -0.910. The number of nitrogens with zero attached hydrogens (tertiary/aromatic N) is 3. The highest BCUT2D eigenvalue weighted by molar-refractivity contribution is 9.10. The Morgan fingerprint density at radius 3 is 2.43 bits per heavy atom. The van der Waals surface area contributed by atoms with Crippen molar-refractivity contribution < 1.29 is 9.90 Å². The van der Waals surface area contributed by atoms with Gasteiger partial charge in [0.2, 0.25) is 0 Å². The van der Waals surface area contributed by atoms with Gasteiger partial charge in [0, 0.05) is 7.05 Å². The lowest BCUT2D eigenvalue weighted by molar-refractivity contribution is -0.140. The Morgan fingerprint density at radius 2 is 2.14 bits per heavy atom. The van der Waals surface area contributed by atoms with Crippen LogP contribution in [0.1, 0.15) is 25.5 Å². The Bertz CT molecular complexity index is 329. The monoisotopic (exact) mass is 261 g/mol. The van der Waals surface area contributed by atoms with Crippen LogP contribution in [0.2, 0.25) is 0 Å². The average molecular weight is 262 g/mol. The van der Waals surface area contributed by atoms with Crippen LogP contribution in [0.5, 0.6) is 0 Å². The summed E-state index contributed by atoms with van der Waals surface area (Å²) in [5.41, 5.74) is 0.604. The molecule has 0 amide bonds. The second kappa shape index (κ2) is 4.08. The van der Waals surface area contributed by atoms with Gasteiger partial charge in [0.1, 0.15) is 5.92 Å². The molecule has 1 aromatic rings. The van der Waals surface area contributed by atoms with Gasteiger partial charge in [-0.1, -0.05) is 19.1 Å². The van der Waals surface area contributed by atoms with Crippen molar-refractivity contribution in [1.29, 1.82) is 0 Å². The topological polar surface area (TPSA) is 68.0 Å². The number of hydrogen-bond donors (Lipinski definition) is 1. The van der Waals surface area contributed by atoms with Gasteiger partial charge in [0.25, 0.3) is 0 Å². The predicted octanol–water partition coefficient (Wildman–Crippen LogP) is 1.40. The molecule has 5 nitrogen and oxygen atoms in total. The molecule has 0 spiro atoms. The van der Waals surface area contributed by atoms with E-state index in [1.165, 1.54) is 4.68 Å². The molecule has 14 heavy (non-hydrogen) atoms. The maximum absolute atomic E-state index is 11.1. The fraction of sp³-hybridized carbons (Fsp3) is 0.625. The van der Waals surface area contributed by atoms with Crippen LogP contribution in [-0.4, -0.2) is 26.1 Å². The minimum atomic E-state index is -0.855. The van der Waals surface area contributed by atoms with Crippen molar-refractivity contribution in [3.05, 3.63) is 10.3 Å². The second-order valence-electron chi connectivity index (χ2n) is 3.45. The summed E-state index contributed by atoms with van der Waals surface area (Å²) in [5, 5.41) is 16.6. The summed E-state index contributed by atoms with van der Waals surface area (Å²) in [6.45, 7) is 3.72. The lowest BCUT2D eigenvalue weighted by Crippen LogP contribution is -2.20. The number of aliphatic carboxylic acids is 1. The Labute approximate surface area is 90.2 Å². The van der Waals surface area contributed by atoms with Crippen LogP contribution >= 0.6 is 15.9 Å². The van der Waals surface area contributed by atoms with Crippen LogP contribution in [0.25, 0.3) is 0 Å². The van der Waals surface area contributed by atoms with Gasteiger partial charge in [-0.2, -0.15) is 0 Å². The average Bonchev–Trinajstić information content (AvgIpc) is 2.34. The van der Waals surface area contributed by atoms with Crippen LogP contribution < -0.4 is 0 Å². The number of carbonyl (C=O) groups is 1. The van der Waals surface area contributed by atoms with E-state index in [-0.39, 0.29) is 5.92 Å². The van der Waals surface area contributed by atoms with E-state index in [0.717, 1.165) is 0 Å². The van der Waals surface area contributed by atoms with Gasteiger partial charge >= 0.3 is 5.97 Å². The van der Waals surface area contributed by atoms with E-state index in [1.807, 2.05) is 13.8 Å². The molecule has 0 aliphatic rings. The molecule has 6 heteroatoms. The first-order valence-electron chi connectivity index (χ1n) is 4.23. The number of aryl methyl sites for hydroxylation is 1. The summed E-state index contributed by atoms with van der Waals surface area (Å²) in [5.74, 6) is -1.43. The first kappa shape index (κ1) is 11.2. The highest BCUT2D eigenvalue weighted by Gasteiger charge is 2.29. The molecule has 0 bridgehead atoms. The van der Waals surface area contributed by atoms with Crippen molar-refractivity contribution in [1.82, 2.24) is 15.0 Å².